The Labute approximate surface area is 97.5 Å². The van der Waals surface area contributed by atoms with Crippen molar-refractivity contribution in [1.82, 2.24) is 4.98 Å². The number of hydrogen-bond donors (Lipinski definition) is 2. The lowest BCUT2D eigenvalue weighted by molar-refractivity contribution is 0.317. The van der Waals surface area contributed by atoms with Gasteiger partial charge in [-0.3, -0.25) is 0 Å². The van der Waals surface area contributed by atoms with Gasteiger partial charge >= 0.3 is 0 Å². The number of nitrogens with one attached hydrogen (secondary N) is 1. The molecule has 3 heteroatoms. The summed E-state index contributed by atoms with van der Waals surface area (Å²) >= 11 is 0. The van der Waals surface area contributed by atoms with E-state index >= 15 is 0 Å². The summed E-state index contributed by atoms with van der Waals surface area (Å²) in [7, 11) is 0. The fourth-order valence-corrected chi connectivity index (χ4v) is 2.57. The fourth-order valence-electron chi connectivity index (χ4n) is 2.57. The van der Waals surface area contributed by atoms with E-state index in [4.69, 9.17) is 5.73 Å². The summed E-state index contributed by atoms with van der Waals surface area (Å²) in [6.07, 6.45) is 8.31. The summed E-state index contributed by atoms with van der Waals surface area (Å²) < 4.78 is 0. The van der Waals surface area contributed by atoms with E-state index in [-0.39, 0.29) is 0 Å². The van der Waals surface area contributed by atoms with Crippen molar-refractivity contribution in [1.29, 1.82) is 0 Å². The van der Waals surface area contributed by atoms with E-state index in [1.807, 2.05) is 12.1 Å². The maximum Gasteiger partial charge on any atom is 0.126 e. The van der Waals surface area contributed by atoms with Gasteiger partial charge in [0.05, 0.1) is 11.9 Å². The van der Waals surface area contributed by atoms with Crippen molar-refractivity contribution in [2.24, 2.45) is 5.92 Å². The van der Waals surface area contributed by atoms with Crippen molar-refractivity contribution in [3.8, 4) is 0 Å². The van der Waals surface area contributed by atoms with Gasteiger partial charge in [0.15, 0.2) is 0 Å². The third-order valence-corrected chi connectivity index (χ3v) is 3.55. The fraction of sp³-hybridized carbons (Fsp3) is 0.615. The molecular formula is C13H21N3. The van der Waals surface area contributed by atoms with Crippen LogP contribution in [0.25, 0.3) is 0 Å². The van der Waals surface area contributed by atoms with Gasteiger partial charge in [0, 0.05) is 6.04 Å². The van der Waals surface area contributed by atoms with Crippen molar-refractivity contribution in [2.75, 3.05) is 11.1 Å². The Morgan fingerprint density at radius 1 is 1.38 bits per heavy atom. The molecule has 0 spiro atoms. The van der Waals surface area contributed by atoms with Crippen LogP contribution in [0.4, 0.5) is 11.5 Å². The van der Waals surface area contributed by atoms with Gasteiger partial charge in [-0.05, 0) is 30.9 Å². The minimum absolute atomic E-state index is 0.592. The number of hydrogen-bond acceptors (Lipinski definition) is 3. The Bertz CT molecular complexity index is 320. The lowest BCUT2D eigenvalue weighted by Crippen LogP contribution is -2.32. The molecule has 1 aliphatic rings. The maximum absolute atomic E-state index is 5.62. The Balaban J connectivity index is 1.99. The number of nitrogen functional groups attached to an aromatic ring is 1. The Hall–Kier alpha value is -1.25. The van der Waals surface area contributed by atoms with E-state index in [1.165, 1.54) is 32.1 Å². The lowest BCUT2D eigenvalue weighted by Gasteiger charge is -2.31. The molecule has 88 valence electrons. The zero-order valence-corrected chi connectivity index (χ0v) is 9.95. The zero-order valence-electron chi connectivity index (χ0n) is 9.95. The number of anilines is 2. The SMILES string of the molecule is CCC1CCCCC1Nc1ccc(N)cn1. The van der Waals surface area contributed by atoms with Crippen LogP contribution in [0, 0.1) is 5.92 Å². The molecule has 2 unspecified atom stereocenters. The van der Waals surface area contributed by atoms with Gasteiger partial charge < -0.3 is 11.1 Å². The molecule has 2 rings (SSSR count). The van der Waals surface area contributed by atoms with E-state index in [0.717, 1.165) is 17.4 Å². The first-order valence-corrected chi connectivity index (χ1v) is 6.27. The molecule has 0 amide bonds. The predicted octanol–water partition coefficient (Wildman–Crippen LogP) is 3.04. The first-order chi connectivity index (χ1) is 7.79. The van der Waals surface area contributed by atoms with Crippen molar-refractivity contribution < 1.29 is 0 Å². The lowest BCUT2D eigenvalue weighted by atomic mass is 9.83. The first-order valence-electron chi connectivity index (χ1n) is 6.27. The second kappa shape index (κ2) is 5.19. The number of aromatic nitrogens is 1. The second-order valence-electron chi connectivity index (χ2n) is 4.68. The monoisotopic (exact) mass is 219 g/mol. The van der Waals surface area contributed by atoms with E-state index in [2.05, 4.69) is 17.2 Å². The average Bonchev–Trinajstić information content (AvgIpc) is 2.33. The van der Waals surface area contributed by atoms with Crippen LogP contribution in [0.2, 0.25) is 0 Å². The van der Waals surface area contributed by atoms with Gasteiger partial charge in [0.1, 0.15) is 5.82 Å². The molecule has 1 aromatic heterocycles. The number of nitrogens with zero attached hydrogens (tertiary/aromatic N) is 1. The van der Waals surface area contributed by atoms with Crippen LogP contribution in [-0.2, 0) is 0 Å². The van der Waals surface area contributed by atoms with Gasteiger partial charge in [-0.15, -0.1) is 0 Å². The molecule has 0 bridgehead atoms. The minimum atomic E-state index is 0.592. The number of pyridine rings is 1. The van der Waals surface area contributed by atoms with Gasteiger partial charge in [-0.25, -0.2) is 4.98 Å². The standard InChI is InChI=1S/C13H21N3/c1-2-10-5-3-4-6-12(10)16-13-8-7-11(14)9-15-13/h7-10,12H,2-6,14H2,1H3,(H,15,16). The molecule has 0 aliphatic heterocycles. The molecule has 1 aromatic rings. The smallest absolute Gasteiger partial charge is 0.126 e. The predicted molar refractivity (Wildman–Crippen MR) is 68.3 cm³/mol. The van der Waals surface area contributed by atoms with E-state index < -0.39 is 0 Å². The third-order valence-electron chi connectivity index (χ3n) is 3.55. The quantitative estimate of drug-likeness (QED) is 0.821. The highest BCUT2D eigenvalue weighted by Crippen LogP contribution is 2.28. The molecule has 3 N–H and O–H groups in total. The average molecular weight is 219 g/mol. The maximum atomic E-state index is 5.62. The van der Waals surface area contributed by atoms with Crippen molar-refractivity contribution in [3.63, 3.8) is 0 Å². The Morgan fingerprint density at radius 3 is 2.88 bits per heavy atom. The molecule has 0 saturated heterocycles. The van der Waals surface area contributed by atoms with Gasteiger partial charge in [0.25, 0.3) is 0 Å². The molecule has 16 heavy (non-hydrogen) atoms. The van der Waals surface area contributed by atoms with Gasteiger partial charge in [0.2, 0.25) is 0 Å². The van der Waals surface area contributed by atoms with Crippen LogP contribution in [0.3, 0.4) is 0 Å². The normalized spacial score (nSPS) is 25.3. The highest BCUT2D eigenvalue weighted by atomic mass is 15.0. The van der Waals surface area contributed by atoms with Crippen LogP contribution < -0.4 is 11.1 Å². The van der Waals surface area contributed by atoms with E-state index in [0.29, 0.717) is 6.04 Å². The number of nitrogens with two attached hydrogens (primary N) is 1. The van der Waals surface area contributed by atoms with Crippen LogP contribution in [0.5, 0.6) is 0 Å². The summed E-state index contributed by atoms with van der Waals surface area (Å²) in [4.78, 5) is 4.31. The van der Waals surface area contributed by atoms with Crippen molar-refractivity contribution in [3.05, 3.63) is 18.3 Å². The van der Waals surface area contributed by atoms with Crippen LogP contribution >= 0.6 is 0 Å². The zero-order chi connectivity index (χ0) is 11.4. The summed E-state index contributed by atoms with van der Waals surface area (Å²) in [6, 6.07) is 4.46. The van der Waals surface area contributed by atoms with Crippen molar-refractivity contribution in [2.45, 2.75) is 45.1 Å². The minimum Gasteiger partial charge on any atom is -0.397 e. The molecule has 1 heterocycles. The van der Waals surface area contributed by atoms with E-state index in [1.54, 1.807) is 6.20 Å². The van der Waals surface area contributed by atoms with E-state index in [9.17, 15) is 0 Å². The highest BCUT2D eigenvalue weighted by Gasteiger charge is 2.23. The summed E-state index contributed by atoms with van der Waals surface area (Å²) in [5.74, 6) is 1.76. The molecule has 1 aliphatic carbocycles. The Morgan fingerprint density at radius 2 is 2.19 bits per heavy atom. The summed E-state index contributed by atoms with van der Waals surface area (Å²) in [6.45, 7) is 2.28. The molecule has 1 fully saturated rings. The largest absolute Gasteiger partial charge is 0.397 e. The molecular weight excluding hydrogens is 198 g/mol. The molecule has 3 nitrogen and oxygen atoms in total. The van der Waals surface area contributed by atoms with Crippen LogP contribution in [0.15, 0.2) is 18.3 Å². The van der Waals surface area contributed by atoms with Crippen LogP contribution in [0.1, 0.15) is 39.0 Å². The third kappa shape index (κ3) is 2.65. The molecule has 2 atom stereocenters. The summed E-state index contributed by atoms with van der Waals surface area (Å²) in [5.41, 5.74) is 6.35. The Kier molecular flexibility index (Phi) is 3.65. The van der Waals surface area contributed by atoms with Gasteiger partial charge in [-0.1, -0.05) is 26.2 Å². The second-order valence-corrected chi connectivity index (χ2v) is 4.68. The highest BCUT2D eigenvalue weighted by molar-refractivity contribution is 5.44. The topological polar surface area (TPSA) is 50.9 Å². The first kappa shape index (κ1) is 11.2. The molecule has 0 radical (unpaired) electrons. The van der Waals surface area contributed by atoms with Gasteiger partial charge in [-0.2, -0.15) is 0 Å². The van der Waals surface area contributed by atoms with Crippen molar-refractivity contribution >= 4 is 11.5 Å². The number of rotatable bonds is 3. The molecule has 0 aromatic carbocycles. The van der Waals surface area contributed by atoms with Crippen LogP contribution in [-0.4, -0.2) is 11.0 Å². The molecule has 1 saturated carbocycles. The summed E-state index contributed by atoms with van der Waals surface area (Å²) in [5, 5.41) is 3.54.